The lowest BCUT2D eigenvalue weighted by Crippen LogP contribution is -2.65. The highest BCUT2D eigenvalue weighted by atomic mass is 28.2. The van der Waals surface area contributed by atoms with E-state index in [2.05, 4.69) is 19.5 Å². The maximum atomic E-state index is 12.5. The van der Waals surface area contributed by atoms with Crippen LogP contribution in [0.3, 0.4) is 0 Å². The molecule has 9 saturated carbocycles. The van der Waals surface area contributed by atoms with Crippen LogP contribution in [0.2, 0.25) is 11.6 Å². The molecule has 112 valence electrons. The Balaban J connectivity index is 1.36. The molecule has 9 aliphatic carbocycles. The molecule has 9 unspecified atom stereocenters. The van der Waals surface area contributed by atoms with E-state index in [1.807, 2.05) is 0 Å². The first-order chi connectivity index (χ1) is 10.5. The lowest BCUT2D eigenvalue weighted by Gasteiger charge is -2.65. The number of carbonyl (C=O) groups is 1. The minimum absolute atomic E-state index is 0.0275. The van der Waals surface area contributed by atoms with Crippen LogP contribution >= 0.6 is 0 Å². The molecule has 0 aromatic rings. The van der Waals surface area contributed by atoms with Crippen LogP contribution in [0, 0.1) is 44.8 Å². The van der Waals surface area contributed by atoms with Crippen molar-refractivity contribution < 1.29 is 4.79 Å². The number of amides is 1. The molecule has 2 N–H and O–H groups in total. The Morgan fingerprint density at radius 1 is 1.27 bits per heavy atom. The van der Waals surface area contributed by atoms with Gasteiger partial charge in [-0.3, -0.25) is 4.79 Å². The third-order valence-corrected chi connectivity index (χ3v) is 14.4. The Kier molecular flexibility index (Phi) is 1.11. The number of primary amides is 1. The summed E-state index contributed by atoms with van der Waals surface area (Å²) in [7, 11) is -0.384. The van der Waals surface area contributed by atoms with Gasteiger partial charge in [0.2, 0.25) is 5.91 Å². The van der Waals surface area contributed by atoms with E-state index in [1.54, 1.807) is 11.1 Å². The Morgan fingerprint density at radius 2 is 2.09 bits per heavy atom. The van der Waals surface area contributed by atoms with E-state index < -0.39 is 0 Å². The van der Waals surface area contributed by atoms with Crippen molar-refractivity contribution in [1.29, 1.82) is 0 Å². The van der Waals surface area contributed by atoms with Crippen LogP contribution < -0.4 is 5.73 Å². The van der Waals surface area contributed by atoms with Crippen LogP contribution in [0.15, 0.2) is 11.1 Å². The van der Waals surface area contributed by atoms with E-state index in [9.17, 15) is 4.79 Å². The topological polar surface area (TPSA) is 43.1 Å². The van der Waals surface area contributed by atoms with E-state index in [0.717, 1.165) is 28.7 Å². The molecule has 1 heterocycles. The minimum atomic E-state index is -0.384. The Labute approximate surface area is 131 Å². The van der Waals surface area contributed by atoms with Crippen LogP contribution in [0.25, 0.3) is 0 Å². The summed E-state index contributed by atoms with van der Waals surface area (Å²) in [5.41, 5.74) is 15.5. The lowest BCUT2D eigenvalue weighted by atomic mass is 9.39. The zero-order valence-corrected chi connectivity index (χ0v) is 14.2. The average Bonchev–Trinajstić information content (AvgIpc) is 3.19. The molecule has 1 amide bonds. The molecule has 0 radical (unpaired) electrons. The predicted octanol–water partition coefficient (Wildman–Crippen LogP) is 2.12. The molecule has 2 nitrogen and oxygen atoms in total. The van der Waals surface area contributed by atoms with Crippen molar-refractivity contribution in [1.82, 2.24) is 0 Å². The lowest BCUT2D eigenvalue weighted by molar-refractivity contribution is -0.183. The second-order valence-electron chi connectivity index (χ2n) is 10.2. The smallest absolute Gasteiger partial charge is 0.224 e. The summed E-state index contributed by atoms with van der Waals surface area (Å²) in [6.07, 6.45) is 3.90. The summed E-state index contributed by atoms with van der Waals surface area (Å²) in [6, 6.07) is 1.40. The van der Waals surface area contributed by atoms with Gasteiger partial charge in [0.15, 0.2) is 0 Å². The second-order valence-corrected chi connectivity index (χ2v) is 12.7. The number of nitrogens with two attached hydrogens (primary N) is 1. The second kappa shape index (κ2) is 2.22. The zero-order chi connectivity index (χ0) is 14.7. The maximum Gasteiger partial charge on any atom is 0.224 e. The standard InChI is InChI=1S/C19H21NOSi/c1-8-5-22(6-9(8)2)11-10-3-15(14(20)21)7-16(11)12-18(15)13-17(18,4-10)19(12,13)16/h5,10-13H,3-4,6-7H2,1-2H3,(H2,20,21). The zero-order valence-electron chi connectivity index (χ0n) is 13.2. The molecule has 9 fully saturated rings. The van der Waals surface area contributed by atoms with Gasteiger partial charge >= 0.3 is 0 Å². The van der Waals surface area contributed by atoms with Gasteiger partial charge in [-0.2, -0.15) is 0 Å². The monoisotopic (exact) mass is 307 g/mol. The molecule has 10 rings (SSSR count). The summed E-state index contributed by atoms with van der Waals surface area (Å²) in [6.45, 7) is 4.67. The first kappa shape index (κ1) is 11.0. The van der Waals surface area contributed by atoms with Gasteiger partial charge < -0.3 is 5.73 Å². The van der Waals surface area contributed by atoms with E-state index in [1.165, 1.54) is 25.3 Å². The Morgan fingerprint density at radius 3 is 2.77 bits per heavy atom. The third-order valence-electron chi connectivity index (χ3n) is 10.8. The summed E-state index contributed by atoms with van der Waals surface area (Å²) in [5.74, 6) is 2.90. The van der Waals surface area contributed by atoms with Crippen molar-refractivity contribution in [3.8, 4) is 0 Å². The van der Waals surface area contributed by atoms with Crippen molar-refractivity contribution >= 4 is 20.0 Å². The Bertz CT molecular complexity index is 873. The predicted molar refractivity (Wildman–Crippen MR) is 84.4 cm³/mol. The van der Waals surface area contributed by atoms with Gasteiger partial charge in [0.1, 0.15) is 0 Å². The third kappa shape index (κ3) is 0.503. The molecule has 0 saturated heterocycles. The minimum Gasteiger partial charge on any atom is -0.369 e. The first-order valence-electron chi connectivity index (χ1n) is 9.15. The van der Waals surface area contributed by atoms with Crippen molar-refractivity contribution in [2.75, 3.05) is 0 Å². The van der Waals surface area contributed by atoms with Crippen LogP contribution in [0.1, 0.15) is 33.1 Å². The summed E-state index contributed by atoms with van der Waals surface area (Å²) < 4.78 is 0. The molecule has 10 aliphatic rings. The van der Waals surface area contributed by atoms with Crippen molar-refractivity contribution in [3.05, 3.63) is 11.1 Å². The van der Waals surface area contributed by atoms with Gasteiger partial charge in [0.05, 0.1) is 5.41 Å². The fraction of sp³-hybridized carbons (Fsp3) is 0.789. The van der Waals surface area contributed by atoms with Gasteiger partial charge in [0.25, 0.3) is 0 Å². The molecule has 22 heavy (non-hydrogen) atoms. The average molecular weight is 307 g/mol. The molecule has 9 atom stereocenters. The van der Waals surface area contributed by atoms with Crippen molar-refractivity contribution in [2.45, 2.75) is 44.7 Å². The van der Waals surface area contributed by atoms with Gasteiger partial charge in [-0.1, -0.05) is 16.8 Å². The van der Waals surface area contributed by atoms with Gasteiger partial charge in [-0.25, -0.2) is 0 Å². The van der Waals surface area contributed by atoms with Crippen LogP contribution in [0.5, 0.6) is 0 Å². The molecule has 0 aromatic carbocycles. The Hall–Kier alpha value is -0.703. The summed E-state index contributed by atoms with van der Waals surface area (Å²) in [5, 5.41) is 0. The highest BCUT2D eigenvalue weighted by Gasteiger charge is 3.35. The highest BCUT2D eigenvalue weighted by molar-refractivity contribution is 6.72. The molecular weight excluding hydrogens is 286 g/mol. The van der Waals surface area contributed by atoms with E-state index in [0.29, 0.717) is 16.2 Å². The fourth-order valence-corrected chi connectivity index (χ4v) is 15.5. The molecule has 6 bridgehead atoms. The fourth-order valence-electron chi connectivity index (χ4n) is 11.3. The number of hydrogen-bond donors (Lipinski definition) is 1. The number of rotatable bonds is 2. The van der Waals surface area contributed by atoms with E-state index in [-0.39, 0.29) is 19.7 Å². The van der Waals surface area contributed by atoms with Gasteiger partial charge in [-0.05, 0) is 84.1 Å². The summed E-state index contributed by atoms with van der Waals surface area (Å²) >= 11 is 0. The normalized spacial score (nSPS) is 74.5. The van der Waals surface area contributed by atoms with Crippen molar-refractivity contribution in [2.24, 2.45) is 50.6 Å². The maximum absolute atomic E-state index is 12.5. The van der Waals surface area contributed by atoms with E-state index in [4.69, 9.17) is 5.73 Å². The molecular formula is C19H21NOSi. The van der Waals surface area contributed by atoms with Crippen LogP contribution in [-0.2, 0) is 4.79 Å². The quantitative estimate of drug-likeness (QED) is 0.780. The molecule has 4 spiro atoms. The van der Waals surface area contributed by atoms with Crippen LogP contribution in [0.4, 0.5) is 0 Å². The number of allylic oxidation sites excluding steroid dienone is 2. The van der Waals surface area contributed by atoms with Gasteiger partial charge in [0, 0.05) is 8.41 Å². The molecule has 0 aromatic heterocycles. The number of carbonyl (C=O) groups excluding carboxylic acids is 1. The van der Waals surface area contributed by atoms with Crippen LogP contribution in [-0.4, -0.2) is 20.0 Å². The SMILES string of the molecule is CC1=C(C)C[Si](C2C3CC4(C(N)=O)CC25C2C46C4C6(C3)C245)=C1. The molecule has 3 heteroatoms. The first-order valence-corrected chi connectivity index (χ1v) is 11.0. The van der Waals surface area contributed by atoms with E-state index >= 15 is 0 Å². The highest BCUT2D eigenvalue weighted by Crippen LogP contribution is 3.37. The summed E-state index contributed by atoms with van der Waals surface area (Å²) in [4.78, 5) is 12.5. The molecule has 1 aliphatic heterocycles. The van der Waals surface area contributed by atoms with Gasteiger partial charge in [-0.15, -0.1) is 0 Å². The largest absolute Gasteiger partial charge is 0.369 e. The van der Waals surface area contributed by atoms with Crippen molar-refractivity contribution in [3.63, 3.8) is 0 Å². The number of hydrogen-bond acceptors (Lipinski definition) is 1.